The van der Waals surface area contributed by atoms with Crippen LogP contribution in [0.4, 0.5) is 0 Å². The van der Waals surface area contributed by atoms with Crippen LogP contribution >= 0.6 is 0 Å². The summed E-state index contributed by atoms with van der Waals surface area (Å²) in [5.41, 5.74) is 5.21. The molecule has 3 aromatic rings. The van der Waals surface area contributed by atoms with E-state index in [4.69, 9.17) is 0 Å². The standard InChI is InChI=1S/C20H18.C2H6/c1-3-8-16-9-6-7-12-19(16)20-14-18-11-5-4-10-17(18)13-15(20)2;1-2/h3-14H,1-2H3;1-2H3/b8-3-;. The van der Waals surface area contributed by atoms with E-state index < -0.39 is 0 Å². The first kappa shape index (κ1) is 16.0. The van der Waals surface area contributed by atoms with Crippen molar-refractivity contribution < 1.29 is 0 Å². The number of allylic oxidation sites excluding steroid dienone is 1. The molecule has 0 nitrogen and oxygen atoms in total. The van der Waals surface area contributed by atoms with E-state index in [1.807, 2.05) is 13.8 Å². The predicted molar refractivity (Wildman–Crippen MR) is 100 cm³/mol. The third-order valence-electron chi connectivity index (χ3n) is 3.69. The molecule has 0 aromatic heterocycles. The van der Waals surface area contributed by atoms with Crippen LogP contribution in [-0.4, -0.2) is 0 Å². The van der Waals surface area contributed by atoms with E-state index in [0.717, 1.165) is 0 Å². The molecule has 0 aliphatic rings. The molecule has 112 valence electrons. The van der Waals surface area contributed by atoms with Gasteiger partial charge in [0.1, 0.15) is 0 Å². The number of hydrogen-bond acceptors (Lipinski definition) is 0. The van der Waals surface area contributed by atoms with Crippen LogP contribution in [0.2, 0.25) is 0 Å². The Hall–Kier alpha value is -2.34. The molecule has 3 rings (SSSR count). The first-order valence-electron chi connectivity index (χ1n) is 8.01. The molecule has 0 fully saturated rings. The molecule has 0 amide bonds. The number of hydrogen-bond donors (Lipinski definition) is 0. The summed E-state index contributed by atoms with van der Waals surface area (Å²) in [6, 6.07) is 21.7. The Morgan fingerprint density at radius 1 is 0.727 bits per heavy atom. The van der Waals surface area contributed by atoms with E-state index in [9.17, 15) is 0 Å². The summed E-state index contributed by atoms with van der Waals surface area (Å²) in [4.78, 5) is 0. The maximum Gasteiger partial charge on any atom is -0.0109 e. The second kappa shape index (κ2) is 7.61. The smallest absolute Gasteiger partial charge is 0.0109 e. The monoisotopic (exact) mass is 288 g/mol. The predicted octanol–water partition coefficient (Wildman–Crippen LogP) is 6.87. The number of benzene rings is 3. The molecular formula is C22H24. The average Bonchev–Trinajstić information content (AvgIpc) is 2.57. The van der Waals surface area contributed by atoms with E-state index in [1.54, 1.807) is 0 Å². The highest BCUT2D eigenvalue weighted by atomic mass is 14.1. The lowest BCUT2D eigenvalue weighted by molar-refractivity contribution is 1.48. The van der Waals surface area contributed by atoms with E-state index in [1.165, 1.54) is 33.0 Å². The van der Waals surface area contributed by atoms with Crippen molar-refractivity contribution in [3.8, 4) is 11.1 Å². The van der Waals surface area contributed by atoms with Gasteiger partial charge in [-0.25, -0.2) is 0 Å². The van der Waals surface area contributed by atoms with Gasteiger partial charge in [-0.05, 0) is 52.9 Å². The molecular weight excluding hydrogens is 264 g/mol. The molecule has 0 heteroatoms. The van der Waals surface area contributed by atoms with Gasteiger partial charge in [-0.15, -0.1) is 0 Å². The molecule has 0 saturated heterocycles. The largest absolute Gasteiger partial charge is 0.0870 e. The summed E-state index contributed by atoms with van der Waals surface area (Å²) in [7, 11) is 0. The van der Waals surface area contributed by atoms with Gasteiger partial charge < -0.3 is 0 Å². The Kier molecular flexibility index (Phi) is 5.55. The van der Waals surface area contributed by atoms with Crippen LogP contribution in [0.15, 0.2) is 66.7 Å². The van der Waals surface area contributed by atoms with E-state index in [-0.39, 0.29) is 0 Å². The molecule has 22 heavy (non-hydrogen) atoms. The van der Waals surface area contributed by atoms with Gasteiger partial charge in [0.05, 0.1) is 0 Å². The van der Waals surface area contributed by atoms with Gasteiger partial charge in [-0.3, -0.25) is 0 Å². The zero-order chi connectivity index (χ0) is 15.9. The minimum absolute atomic E-state index is 1.27. The fourth-order valence-corrected chi connectivity index (χ4v) is 2.71. The molecule has 0 heterocycles. The van der Waals surface area contributed by atoms with Gasteiger partial charge in [0.25, 0.3) is 0 Å². The summed E-state index contributed by atoms with van der Waals surface area (Å²) < 4.78 is 0. The Morgan fingerprint density at radius 2 is 1.32 bits per heavy atom. The van der Waals surface area contributed by atoms with Gasteiger partial charge in [0.15, 0.2) is 0 Å². The lowest BCUT2D eigenvalue weighted by atomic mass is 9.93. The second-order valence-corrected chi connectivity index (χ2v) is 5.10. The molecule has 0 radical (unpaired) electrons. The molecule has 0 spiro atoms. The maximum atomic E-state index is 2.30. The lowest BCUT2D eigenvalue weighted by Crippen LogP contribution is -1.87. The van der Waals surface area contributed by atoms with E-state index in [2.05, 4.69) is 86.7 Å². The summed E-state index contributed by atoms with van der Waals surface area (Å²) in [5.74, 6) is 0. The summed E-state index contributed by atoms with van der Waals surface area (Å²) in [6.07, 6.45) is 4.26. The maximum absolute atomic E-state index is 2.30. The minimum Gasteiger partial charge on any atom is -0.0870 e. The van der Waals surface area contributed by atoms with Gasteiger partial charge in [-0.2, -0.15) is 0 Å². The first-order chi connectivity index (χ1) is 10.8. The van der Waals surface area contributed by atoms with Crippen LogP contribution < -0.4 is 0 Å². The van der Waals surface area contributed by atoms with Crippen molar-refractivity contribution in [1.29, 1.82) is 0 Å². The Labute approximate surface area is 134 Å². The van der Waals surface area contributed by atoms with E-state index in [0.29, 0.717) is 0 Å². The number of rotatable bonds is 2. The SMILES string of the molecule is C/C=C\c1ccccc1-c1cc2ccccc2cc1C.CC. The highest BCUT2D eigenvalue weighted by Crippen LogP contribution is 2.31. The zero-order valence-electron chi connectivity index (χ0n) is 13.9. The van der Waals surface area contributed by atoms with Crippen molar-refractivity contribution >= 4 is 16.8 Å². The third-order valence-corrected chi connectivity index (χ3v) is 3.69. The normalized spacial score (nSPS) is 10.5. The average molecular weight is 288 g/mol. The zero-order valence-corrected chi connectivity index (χ0v) is 13.9. The highest BCUT2D eigenvalue weighted by Gasteiger charge is 2.07. The Bertz CT molecular complexity index is 779. The van der Waals surface area contributed by atoms with E-state index >= 15 is 0 Å². The number of fused-ring (bicyclic) bond motifs is 1. The van der Waals surface area contributed by atoms with Crippen molar-refractivity contribution in [2.24, 2.45) is 0 Å². The van der Waals surface area contributed by atoms with Gasteiger partial charge in [-0.1, -0.05) is 80.6 Å². The Morgan fingerprint density at radius 3 is 2.00 bits per heavy atom. The van der Waals surface area contributed by atoms with Crippen molar-refractivity contribution in [2.75, 3.05) is 0 Å². The van der Waals surface area contributed by atoms with Crippen LogP contribution in [0.5, 0.6) is 0 Å². The van der Waals surface area contributed by atoms with Crippen LogP contribution in [0.1, 0.15) is 31.9 Å². The number of aryl methyl sites for hydroxylation is 1. The molecule has 3 aromatic carbocycles. The minimum atomic E-state index is 1.27. The van der Waals surface area contributed by atoms with Crippen LogP contribution in [0, 0.1) is 6.92 Å². The molecule has 0 atom stereocenters. The molecule has 0 bridgehead atoms. The van der Waals surface area contributed by atoms with Crippen molar-refractivity contribution in [3.63, 3.8) is 0 Å². The lowest BCUT2D eigenvalue weighted by Gasteiger charge is -2.11. The summed E-state index contributed by atoms with van der Waals surface area (Å²) >= 11 is 0. The first-order valence-corrected chi connectivity index (χ1v) is 8.01. The molecule has 0 N–H and O–H groups in total. The quantitative estimate of drug-likeness (QED) is 0.482. The van der Waals surface area contributed by atoms with Crippen molar-refractivity contribution in [3.05, 3.63) is 77.9 Å². The molecule has 0 unspecified atom stereocenters. The Balaban J connectivity index is 0.000000847. The van der Waals surface area contributed by atoms with Gasteiger partial charge in [0.2, 0.25) is 0 Å². The van der Waals surface area contributed by atoms with Crippen LogP contribution in [0.3, 0.4) is 0 Å². The fourth-order valence-electron chi connectivity index (χ4n) is 2.71. The van der Waals surface area contributed by atoms with Crippen molar-refractivity contribution in [2.45, 2.75) is 27.7 Å². The molecule has 0 saturated carbocycles. The summed E-state index contributed by atoms with van der Waals surface area (Å²) in [5, 5.41) is 2.60. The third kappa shape index (κ3) is 3.28. The second-order valence-electron chi connectivity index (χ2n) is 5.10. The van der Waals surface area contributed by atoms with Crippen molar-refractivity contribution in [1.82, 2.24) is 0 Å². The fraction of sp³-hybridized carbons (Fsp3) is 0.182. The molecule has 0 aliphatic heterocycles. The summed E-state index contributed by atoms with van der Waals surface area (Å²) in [6.45, 7) is 8.25. The van der Waals surface area contributed by atoms with Crippen LogP contribution in [-0.2, 0) is 0 Å². The van der Waals surface area contributed by atoms with Crippen LogP contribution in [0.25, 0.3) is 28.0 Å². The van der Waals surface area contributed by atoms with Gasteiger partial charge in [0, 0.05) is 0 Å². The van der Waals surface area contributed by atoms with Gasteiger partial charge >= 0.3 is 0 Å². The topological polar surface area (TPSA) is 0 Å². The highest BCUT2D eigenvalue weighted by molar-refractivity contribution is 5.90. The molecule has 0 aliphatic carbocycles.